The molecule has 2 amide bonds. The zero-order valence-corrected chi connectivity index (χ0v) is 14.7. The molecule has 0 saturated heterocycles. The van der Waals surface area contributed by atoms with Crippen LogP contribution < -0.4 is 10.1 Å². The first-order valence-electron chi connectivity index (χ1n) is 8.28. The minimum Gasteiger partial charge on any atom is -0.481 e. The summed E-state index contributed by atoms with van der Waals surface area (Å²) in [5.41, 5.74) is 2.46. The van der Waals surface area contributed by atoms with Crippen molar-refractivity contribution in [2.24, 2.45) is 0 Å². The maximum Gasteiger partial charge on any atom is 0.270 e. The lowest BCUT2D eigenvalue weighted by molar-refractivity contribution is 0.0786. The molecule has 0 atom stereocenters. The van der Waals surface area contributed by atoms with E-state index in [1.54, 1.807) is 29.2 Å². The molecule has 136 valence electrons. The fourth-order valence-electron chi connectivity index (χ4n) is 2.82. The SMILES string of the molecule is CCN1Cc2nc(OC)c(CNC(=O)c3cccc(CO)n3)cc2C1=O. The number of fused-ring (bicyclic) bond motifs is 1. The summed E-state index contributed by atoms with van der Waals surface area (Å²) < 4.78 is 5.31. The number of hydrogen-bond donors (Lipinski definition) is 2. The van der Waals surface area contributed by atoms with E-state index in [9.17, 15) is 9.59 Å². The molecule has 0 bridgehead atoms. The second-order valence-corrected chi connectivity index (χ2v) is 5.83. The van der Waals surface area contributed by atoms with Gasteiger partial charge in [-0.25, -0.2) is 9.97 Å². The zero-order valence-electron chi connectivity index (χ0n) is 14.7. The van der Waals surface area contributed by atoms with Crippen LogP contribution in [0, 0.1) is 0 Å². The standard InChI is InChI=1S/C18H20N4O4/c1-3-22-9-15-13(18(22)25)7-11(17(21-15)26-2)8-19-16(24)14-6-4-5-12(10-23)20-14/h4-7,23H,3,8-10H2,1-2H3,(H,19,24). The lowest BCUT2D eigenvalue weighted by Crippen LogP contribution is -2.25. The molecule has 1 aliphatic heterocycles. The van der Waals surface area contributed by atoms with Gasteiger partial charge in [-0.1, -0.05) is 6.07 Å². The number of nitrogens with one attached hydrogen (secondary N) is 1. The van der Waals surface area contributed by atoms with Crippen LogP contribution in [0.2, 0.25) is 0 Å². The molecule has 0 radical (unpaired) electrons. The second-order valence-electron chi connectivity index (χ2n) is 5.83. The van der Waals surface area contributed by atoms with E-state index in [0.717, 1.165) is 0 Å². The molecule has 3 rings (SSSR count). The van der Waals surface area contributed by atoms with Gasteiger partial charge in [-0.05, 0) is 25.1 Å². The van der Waals surface area contributed by atoms with Crippen molar-refractivity contribution in [3.8, 4) is 5.88 Å². The van der Waals surface area contributed by atoms with Crippen LogP contribution in [0.25, 0.3) is 0 Å². The van der Waals surface area contributed by atoms with Crippen molar-refractivity contribution < 1.29 is 19.4 Å². The Balaban J connectivity index is 1.79. The van der Waals surface area contributed by atoms with Crippen LogP contribution in [0.3, 0.4) is 0 Å². The number of rotatable bonds is 6. The van der Waals surface area contributed by atoms with Crippen LogP contribution in [-0.2, 0) is 19.7 Å². The first-order chi connectivity index (χ1) is 12.6. The van der Waals surface area contributed by atoms with E-state index in [0.29, 0.717) is 41.5 Å². The smallest absolute Gasteiger partial charge is 0.270 e. The number of hydrogen-bond acceptors (Lipinski definition) is 6. The number of methoxy groups -OCH3 is 1. The van der Waals surface area contributed by atoms with E-state index >= 15 is 0 Å². The minimum absolute atomic E-state index is 0.0671. The summed E-state index contributed by atoms with van der Waals surface area (Å²) in [5, 5.41) is 11.9. The first kappa shape index (κ1) is 17.8. The third-order valence-corrected chi connectivity index (χ3v) is 4.21. The van der Waals surface area contributed by atoms with Crippen molar-refractivity contribution in [2.45, 2.75) is 26.6 Å². The number of pyridine rings is 2. The summed E-state index contributed by atoms with van der Waals surface area (Å²) in [4.78, 5) is 34.8. The molecule has 2 aromatic rings. The third-order valence-electron chi connectivity index (χ3n) is 4.21. The van der Waals surface area contributed by atoms with Crippen molar-refractivity contribution in [1.82, 2.24) is 20.2 Å². The molecule has 26 heavy (non-hydrogen) atoms. The Morgan fingerprint density at radius 2 is 2.19 bits per heavy atom. The molecule has 1 aliphatic rings. The van der Waals surface area contributed by atoms with Crippen molar-refractivity contribution in [2.75, 3.05) is 13.7 Å². The molecule has 0 unspecified atom stereocenters. The Kier molecular flexibility index (Phi) is 5.13. The van der Waals surface area contributed by atoms with Crippen molar-refractivity contribution in [1.29, 1.82) is 0 Å². The van der Waals surface area contributed by atoms with E-state index in [4.69, 9.17) is 9.84 Å². The number of aliphatic hydroxyl groups is 1. The van der Waals surface area contributed by atoms with Gasteiger partial charge in [-0.3, -0.25) is 9.59 Å². The van der Waals surface area contributed by atoms with Gasteiger partial charge in [0.25, 0.3) is 11.8 Å². The molecule has 0 spiro atoms. The van der Waals surface area contributed by atoms with Gasteiger partial charge in [0, 0.05) is 18.7 Å². The summed E-state index contributed by atoms with van der Waals surface area (Å²) in [6, 6.07) is 6.57. The number of aliphatic hydroxyl groups excluding tert-OH is 1. The predicted octanol–water partition coefficient (Wildman–Crippen LogP) is 0.883. The van der Waals surface area contributed by atoms with Gasteiger partial charge < -0.3 is 20.1 Å². The lowest BCUT2D eigenvalue weighted by atomic mass is 10.1. The van der Waals surface area contributed by atoms with E-state index in [-0.39, 0.29) is 30.7 Å². The molecular weight excluding hydrogens is 336 g/mol. The second kappa shape index (κ2) is 7.49. The van der Waals surface area contributed by atoms with Gasteiger partial charge in [-0.2, -0.15) is 0 Å². The van der Waals surface area contributed by atoms with Gasteiger partial charge in [-0.15, -0.1) is 0 Å². The largest absolute Gasteiger partial charge is 0.481 e. The minimum atomic E-state index is -0.385. The molecule has 2 aromatic heterocycles. The number of amides is 2. The quantitative estimate of drug-likeness (QED) is 0.796. The molecule has 0 aliphatic carbocycles. The molecule has 0 saturated carbocycles. The highest BCUT2D eigenvalue weighted by Crippen LogP contribution is 2.26. The van der Waals surface area contributed by atoms with Crippen LogP contribution >= 0.6 is 0 Å². The topological polar surface area (TPSA) is 105 Å². The average Bonchev–Trinajstić information content (AvgIpc) is 3.00. The zero-order chi connectivity index (χ0) is 18.7. The molecule has 3 heterocycles. The van der Waals surface area contributed by atoms with Crippen molar-refractivity contribution in [3.05, 3.63) is 52.5 Å². The molecule has 8 heteroatoms. The van der Waals surface area contributed by atoms with Crippen molar-refractivity contribution in [3.63, 3.8) is 0 Å². The number of ether oxygens (including phenoxy) is 1. The highest BCUT2D eigenvalue weighted by molar-refractivity contribution is 5.98. The van der Waals surface area contributed by atoms with Gasteiger partial charge >= 0.3 is 0 Å². The van der Waals surface area contributed by atoms with Crippen LogP contribution in [0.4, 0.5) is 0 Å². The Hall–Kier alpha value is -3.00. The number of carbonyl (C=O) groups is 2. The molecule has 0 aromatic carbocycles. The fourth-order valence-corrected chi connectivity index (χ4v) is 2.82. The fraction of sp³-hybridized carbons (Fsp3) is 0.333. The maximum atomic E-state index is 12.3. The van der Waals surface area contributed by atoms with Crippen LogP contribution in [0.15, 0.2) is 24.3 Å². The molecule has 0 fully saturated rings. The van der Waals surface area contributed by atoms with Gasteiger partial charge in [0.1, 0.15) is 5.69 Å². The molecule has 8 nitrogen and oxygen atoms in total. The van der Waals surface area contributed by atoms with Gasteiger partial charge in [0.2, 0.25) is 5.88 Å². The van der Waals surface area contributed by atoms with E-state index in [1.165, 1.54) is 7.11 Å². The first-order valence-corrected chi connectivity index (χ1v) is 8.28. The summed E-state index contributed by atoms with van der Waals surface area (Å²) in [6.45, 7) is 2.89. The monoisotopic (exact) mass is 356 g/mol. The Labute approximate surface area is 150 Å². The highest BCUT2D eigenvalue weighted by atomic mass is 16.5. The summed E-state index contributed by atoms with van der Waals surface area (Å²) >= 11 is 0. The Morgan fingerprint density at radius 1 is 1.38 bits per heavy atom. The third kappa shape index (κ3) is 3.36. The summed E-state index contributed by atoms with van der Waals surface area (Å²) in [7, 11) is 1.50. The Morgan fingerprint density at radius 3 is 2.88 bits per heavy atom. The van der Waals surface area contributed by atoms with Crippen LogP contribution in [0.5, 0.6) is 5.88 Å². The molecule has 2 N–H and O–H groups in total. The van der Waals surface area contributed by atoms with E-state index < -0.39 is 0 Å². The normalized spacial score (nSPS) is 12.9. The lowest BCUT2D eigenvalue weighted by Gasteiger charge is -2.10. The maximum absolute atomic E-state index is 12.3. The average molecular weight is 356 g/mol. The summed E-state index contributed by atoms with van der Waals surface area (Å²) in [5.74, 6) is -0.0706. The number of aromatic nitrogens is 2. The van der Waals surface area contributed by atoms with E-state index in [2.05, 4.69) is 15.3 Å². The van der Waals surface area contributed by atoms with Gasteiger partial charge in [0.05, 0.1) is 37.2 Å². The van der Waals surface area contributed by atoms with E-state index in [1.807, 2.05) is 6.92 Å². The predicted molar refractivity (Wildman–Crippen MR) is 92.5 cm³/mol. The highest BCUT2D eigenvalue weighted by Gasteiger charge is 2.29. The summed E-state index contributed by atoms with van der Waals surface area (Å²) in [6.07, 6.45) is 0. The molecular formula is C18H20N4O4. The Bertz CT molecular complexity index is 853. The van der Waals surface area contributed by atoms with Crippen LogP contribution in [0.1, 0.15) is 44.7 Å². The number of nitrogens with zero attached hydrogens (tertiary/aromatic N) is 3. The van der Waals surface area contributed by atoms with Crippen molar-refractivity contribution >= 4 is 11.8 Å². The van der Waals surface area contributed by atoms with Crippen LogP contribution in [-0.4, -0.2) is 45.4 Å². The number of carbonyl (C=O) groups excluding carboxylic acids is 2. The van der Waals surface area contributed by atoms with Gasteiger partial charge in [0.15, 0.2) is 0 Å².